The summed E-state index contributed by atoms with van der Waals surface area (Å²) in [5.74, 6) is 2.17. The van der Waals surface area contributed by atoms with E-state index in [0.717, 1.165) is 24.3 Å². The van der Waals surface area contributed by atoms with Crippen LogP contribution in [0.3, 0.4) is 0 Å². The standard InChI is InChI=1S/C6H13NOS/c7-5-1-3-9-4-2-6(5)8/h5-6,8H,1-4,7H2/t5-,6-/m0/s1. The van der Waals surface area contributed by atoms with E-state index in [2.05, 4.69) is 0 Å². The molecule has 0 aromatic rings. The van der Waals surface area contributed by atoms with Crippen LogP contribution in [0, 0.1) is 0 Å². The van der Waals surface area contributed by atoms with Crippen molar-refractivity contribution in [2.75, 3.05) is 11.5 Å². The van der Waals surface area contributed by atoms with Crippen molar-refractivity contribution >= 4 is 11.8 Å². The Bertz CT molecular complexity index is 79.1. The van der Waals surface area contributed by atoms with E-state index in [4.69, 9.17) is 5.73 Å². The molecule has 0 unspecified atom stereocenters. The van der Waals surface area contributed by atoms with Gasteiger partial charge in [-0.05, 0) is 24.3 Å². The van der Waals surface area contributed by atoms with Crippen LogP contribution in [-0.4, -0.2) is 28.8 Å². The monoisotopic (exact) mass is 147 g/mol. The van der Waals surface area contributed by atoms with Gasteiger partial charge in [-0.1, -0.05) is 0 Å². The quantitative estimate of drug-likeness (QED) is 0.514. The van der Waals surface area contributed by atoms with E-state index in [1.54, 1.807) is 0 Å². The zero-order valence-electron chi connectivity index (χ0n) is 5.42. The maximum absolute atomic E-state index is 9.22. The molecular weight excluding hydrogens is 134 g/mol. The van der Waals surface area contributed by atoms with Gasteiger partial charge in [0.1, 0.15) is 0 Å². The van der Waals surface area contributed by atoms with Crippen LogP contribution >= 0.6 is 11.8 Å². The average molecular weight is 147 g/mol. The molecule has 3 N–H and O–H groups in total. The molecule has 0 aromatic heterocycles. The maximum Gasteiger partial charge on any atom is 0.0699 e. The minimum atomic E-state index is -0.250. The zero-order valence-corrected chi connectivity index (χ0v) is 6.23. The van der Waals surface area contributed by atoms with Crippen molar-refractivity contribution in [3.8, 4) is 0 Å². The molecule has 0 radical (unpaired) electrons. The van der Waals surface area contributed by atoms with Crippen molar-refractivity contribution < 1.29 is 5.11 Å². The molecule has 1 rings (SSSR count). The number of rotatable bonds is 0. The Morgan fingerprint density at radius 2 is 2.00 bits per heavy atom. The predicted octanol–water partition coefficient (Wildman–Crippen LogP) is 0.202. The summed E-state index contributed by atoms with van der Waals surface area (Å²) in [5, 5.41) is 9.22. The van der Waals surface area contributed by atoms with Crippen molar-refractivity contribution in [3.63, 3.8) is 0 Å². The van der Waals surface area contributed by atoms with Gasteiger partial charge in [-0.3, -0.25) is 0 Å². The Morgan fingerprint density at radius 1 is 1.33 bits per heavy atom. The molecule has 3 heteroatoms. The van der Waals surface area contributed by atoms with Crippen molar-refractivity contribution in [3.05, 3.63) is 0 Å². The van der Waals surface area contributed by atoms with Gasteiger partial charge in [0.05, 0.1) is 6.10 Å². The minimum absolute atomic E-state index is 0.0278. The lowest BCUT2D eigenvalue weighted by Gasteiger charge is -2.13. The van der Waals surface area contributed by atoms with E-state index in [9.17, 15) is 5.11 Å². The van der Waals surface area contributed by atoms with Gasteiger partial charge in [0.15, 0.2) is 0 Å². The Balaban J connectivity index is 2.32. The van der Waals surface area contributed by atoms with Gasteiger partial charge >= 0.3 is 0 Å². The molecule has 1 aliphatic heterocycles. The SMILES string of the molecule is N[C@H]1CCSCC[C@@H]1O. The number of aliphatic hydroxyl groups excluding tert-OH is 1. The molecular formula is C6H13NOS. The van der Waals surface area contributed by atoms with Gasteiger partial charge in [0, 0.05) is 6.04 Å². The summed E-state index contributed by atoms with van der Waals surface area (Å²) < 4.78 is 0. The smallest absolute Gasteiger partial charge is 0.0699 e. The second kappa shape index (κ2) is 3.44. The molecule has 0 aromatic carbocycles. The molecule has 1 aliphatic rings. The lowest BCUT2D eigenvalue weighted by molar-refractivity contribution is 0.142. The highest BCUT2D eigenvalue weighted by Crippen LogP contribution is 2.15. The molecule has 0 spiro atoms. The fourth-order valence-corrected chi connectivity index (χ4v) is 1.98. The highest BCUT2D eigenvalue weighted by molar-refractivity contribution is 7.99. The molecule has 2 atom stereocenters. The fourth-order valence-electron chi connectivity index (χ4n) is 0.932. The van der Waals surface area contributed by atoms with E-state index in [0.29, 0.717) is 0 Å². The third-order valence-corrected chi connectivity index (χ3v) is 2.70. The van der Waals surface area contributed by atoms with Crippen LogP contribution in [0.1, 0.15) is 12.8 Å². The van der Waals surface area contributed by atoms with Crippen molar-refractivity contribution in [1.82, 2.24) is 0 Å². The summed E-state index contributed by atoms with van der Waals surface area (Å²) in [4.78, 5) is 0. The predicted molar refractivity (Wildman–Crippen MR) is 40.5 cm³/mol. The van der Waals surface area contributed by atoms with Crippen molar-refractivity contribution in [2.45, 2.75) is 25.0 Å². The highest BCUT2D eigenvalue weighted by Gasteiger charge is 2.16. The van der Waals surface area contributed by atoms with E-state index in [1.807, 2.05) is 11.8 Å². The molecule has 1 saturated heterocycles. The molecule has 0 amide bonds. The number of hydrogen-bond acceptors (Lipinski definition) is 3. The molecule has 2 nitrogen and oxygen atoms in total. The van der Waals surface area contributed by atoms with Crippen molar-refractivity contribution in [1.29, 1.82) is 0 Å². The summed E-state index contributed by atoms with van der Waals surface area (Å²) in [6.07, 6.45) is 1.58. The normalized spacial score (nSPS) is 38.0. The van der Waals surface area contributed by atoms with Crippen LogP contribution < -0.4 is 5.73 Å². The first-order chi connectivity index (χ1) is 4.30. The minimum Gasteiger partial charge on any atom is -0.391 e. The third kappa shape index (κ3) is 2.16. The maximum atomic E-state index is 9.22. The Labute approximate surface area is 59.8 Å². The van der Waals surface area contributed by atoms with Gasteiger partial charge < -0.3 is 10.8 Å². The van der Waals surface area contributed by atoms with Gasteiger partial charge in [0.25, 0.3) is 0 Å². The van der Waals surface area contributed by atoms with Crippen LogP contribution in [0.4, 0.5) is 0 Å². The van der Waals surface area contributed by atoms with Crippen LogP contribution in [0.2, 0.25) is 0 Å². The number of aliphatic hydroxyl groups is 1. The third-order valence-electron chi connectivity index (χ3n) is 1.65. The molecule has 1 fully saturated rings. The summed E-state index contributed by atoms with van der Waals surface area (Å²) in [5.41, 5.74) is 5.61. The largest absolute Gasteiger partial charge is 0.391 e. The molecule has 0 saturated carbocycles. The van der Waals surface area contributed by atoms with Crippen LogP contribution in [-0.2, 0) is 0 Å². The van der Waals surface area contributed by atoms with Gasteiger partial charge in [-0.15, -0.1) is 0 Å². The van der Waals surface area contributed by atoms with Crippen LogP contribution in [0.5, 0.6) is 0 Å². The first-order valence-electron chi connectivity index (χ1n) is 3.32. The zero-order chi connectivity index (χ0) is 6.69. The summed E-state index contributed by atoms with van der Waals surface area (Å²) in [7, 11) is 0. The van der Waals surface area contributed by atoms with Gasteiger partial charge in [-0.2, -0.15) is 11.8 Å². The number of nitrogens with two attached hydrogens (primary N) is 1. The first kappa shape index (κ1) is 7.38. The highest BCUT2D eigenvalue weighted by atomic mass is 32.2. The summed E-state index contributed by atoms with van der Waals surface area (Å²) in [6, 6.07) is 0.0278. The van der Waals surface area contributed by atoms with Crippen LogP contribution in [0.15, 0.2) is 0 Å². The lowest BCUT2D eigenvalue weighted by atomic mass is 10.1. The topological polar surface area (TPSA) is 46.2 Å². The van der Waals surface area contributed by atoms with E-state index in [-0.39, 0.29) is 12.1 Å². The molecule has 9 heavy (non-hydrogen) atoms. The van der Waals surface area contributed by atoms with E-state index in [1.165, 1.54) is 0 Å². The van der Waals surface area contributed by atoms with E-state index >= 15 is 0 Å². The second-order valence-corrected chi connectivity index (χ2v) is 3.65. The summed E-state index contributed by atoms with van der Waals surface area (Å²) >= 11 is 1.88. The fraction of sp³-hybridized carbons (Fsp3) is 1.00. The van der Waals surface area contributed by atoms with E-state index < -0.39 is 0 Å². The Hall–Kier alpha value is 0.270. The first-order valence-corrected chi connectivity index (χ1v) is 4.47. The van der Waals surface area contributed by atoms with Gasteiger partial charge in [-0.25, -0.2) is 0 Å². The summed E-state index contributed by atoms with van der Waals surface area (Å²) in [6.45, 7) is 0. The second-order valence-electron chi connectivity index (χ2n) is 2.42. The van der Waals surface area contributed by atoms with Crippen LogP contribution in [0.25, 0.3) is 0 Å². The van der Waals surface area contributed by atoms with Crippen molar-refractivity contribution in [2.24, 2.45) is 5.73 Å². The average Bonchev–Trinajstić information content (AvgIpc) is 1.99. The Morgan fingerprint density at radius 3 is 2.78 bits per heavy atom. The lowest BCUT2D eigenvalue weighted by Crippen LogP contribution is -2.33. The van der Waals surface area contributed by atoms with Gasteiger partial charge in [0.2, 0.25) is 0 Å². The Kier molecular flexibility index (Phi) is 2.82. The molecule has 0 aliphatic carbocycles. The number of thioether (sulfide) groups is 1. The number of hydrogen-bond donors (Lipinski definition) is 2. The molecule has 1 heterocycles. The molecule has 0 bridgehead atoms. The molecule has 54 valence electrons.